The molecule has 0 saturated carbocycles. The molecule has 0 fully saturated rings. The number of aliphatic carboxylic acids is 1. The van der Waals surface area contributed by atoms with Gasteiger partial charge in [-0.25, -0.2) is 0 Å². The van der Waals surface area contributed by atoms with Crippen molar-refractivity contribution in [2.75, 3.05) is 13.2 Å². The molecule has 0 heterocycles. The summed E-state index contributed by atoms with van der Waals surface area (Å²) in [6.45, 7) is 8.34. The average molecular weight is 174 g/mol. The quantitative estimate of drug-likeness (QED) is 0.512. The summed E-state index contributed by atoms with van der Waals surface area (Å²) in [5, 5.41) is 7.42. The van der Waals surface area contributed by atoms with Gasteiger partial charge < -0.3 is 9.84 Å². The normalized spacial score (nSPS) is 8.17. The third-order valence-corrected chi connectivity index (χ3v) is 0.878. The third kappa shape index (κ3) is 35.2. The van der Waals surface area contributed by atoms with Gasteiger partial charge >= 0.3 is 0 Å². The molecule has 3 heteroatoms. The van der Waals surface area contributed by atoms with E-state index in [2.05, 4.69) is 13.5 Å². The van der Waals surface area contributed by atoms with Crippen LogP contribution in [-0.4, -0.2) is 24.3 Å². The van der Waals surface area contributed by atoms with Gasteiger partial charge in [0, 0.05) is 13.5 Å². The molecule has 0 amide bonds. The fraction of sp³-hybridized carbons (Fsp3) is 0.667. The number of carbonyl (C=O) groups is 1. The minimum Gasteiger partial charge on any atom is -0.481 e. The lowest BCUT2D eigenvalue weighted by Crippen LogP contribution is -1.91. The zero-order valence-electron chi connectivity index (χ0n) is 7.88. The van der Waals surface area contributed by atoms with Crippen molar-refractivity contribution in [1.29, 1.82) is 0 Å². The number of rotatable bonds is 5. The fourth-order valence-corrected chi connectivity index (χ4v) is 0.413. The zero-order valence-corrected chi connectivity index (χ0v) is 7.88. The highest BCUT2D eigenvalue weighted by molar-refractivity contribution is 5.62. The summed E-state index contributed by atoms with van der Waals surface area (Å²) in [6, 6.07) is 0. The van der Waals surface area contributed by atoms with Crippen LogP contribution in [0.2, 0.25) is 0 Å². The molecule has 72 valence electrons. The first-order chi connectivity index (χ1) is 5.65. The van der Waals surface area contributed by atoms with Gasteiger partial charge in [-0.15, -0.1) is 6.58 Å². The Morgan fingerprint density at radius 1 is 1.67 bits per heavy atom. The van der Waals surface area contributed by atoms with E-state index >= 15 is 0 Å². The Labute approximate surface area is 74.0 Å². The highest BCUT2D eigenvalue weighted by Gasteiger charge is 1.79. The van der Waals surface area contributed by atoms with E-state index in [1.807, 2.05) is 0 Å². The van der Waals surface area contributed by atoms with Gasteiger partial charge in [-0.2, -0.15) is 0 Å². The fourth-order valence-electron chi connectivity index (χ4n) is 0.413. The van der Waals surface area contributed by atoms with Crippen molar-refractivity contribution in [3.8, 4) is 0 Å². The zero-order chi connectivity index (χ0) is 9.82. The summed E-state index contributed by atoms with van der Waals surface area (Å²) in [6.07, 6.45) is 4.14. The molecular formula is C9H18O3. The van der Waals surface area contributed by atoms with Gasteiger partial charge in [0.25, 0.3) is 5.97 Å². The number of unbranched alkanes of at least 4 members (excludes halogenated alkanes) is 1. The van der Waals surface area contributed by atoms with Gasteiger partial charge in [0.1, 0.15) is 0 Å². The van der Waals surface area contributed by atoms with E-state index in [4.69, 9.17) is 14.6 Å². The molecule has 12 heavy (non-hydrogen) atoms. The van der Waals surface area contributed by atoms with E-state index in [1.165, 1.54) is 6.42 Å². The van der Waals surface area contributed by atoms with E-state index in [0.29, 0.717) is 6.61 Å². The molecule has 3 nitrogen and oxygen atoms in total. The second-order valence-electron chi connectivity index (χ2n) is 2.24. The number of carboxylic acids is 1. The Hall–Kier alpha value is -0.830. The molecule has 0 bridgehead atoms. The maximum absolute atomic E-state index is 9.00. The van der Waals surface area contributed by atoms with E-state index < -0.39 is 5.97 Å². The smallest absolute Gasteiger partial charge is 0.300 e. The lowest BCUT2D eigenvalue weighted by molar-refractivity contribution is -0.134. The van der Waals surface area contributed by atoms with Crippen LogP contribution in [-0.2, 0) is 9.53 Å². The molecule has 0 unspecified atom stereocenters. The molecule has 0 radical (unpaired) electrons. The summed E-state index contributed by atoms with van der Waals surface area (Å²) in [5.74, 6) is -0.833. The highest BCUT2D eigenvalue weighted by Crippen LogP contribution is 1.86. The first kappa shape index (κ1) is 13.7. The number of hydrogen-bond donors (Lipinski definition) is 1. The monoisotopic (exact) mass is 174 g/mol. The lowest BCUT2D eigenvalue weighted by Gasteiger charge is -1.95. The molecule has 0 aromatic carbocycles. The standard InChI is InChI=1S/C7H14O.C2H4O2/c1-3-5-7-8-6-4-2;1-2(3)4/h4H,2-3,5-7H2,1H3;1H3,(H,3,4). The Kier molecular flexibility index (Phi) is 14.7. The molecule has 0 aliphatic heterocycles. The summed E-state index contributed by atoms with van der Waals surface area (Å²) in [5.41, 5.74) is 0. The predicted octanol–water partition coefficient (Wildman–Crippen LogP) is 2.08. The van der Waals surface area contributed by atoms with E-state index in [-0.39, 0.29) is 0 Å². The summed E-state index contributed by atoms with van der Waals surface area (Å²) in [7, 11) is 0. The van der Waals surface area contributed by atoms with Crippen molar-refractivity contribution in [3.63, 3.8) is 0 Å². The number of carboxylic acid groups (broad SMARTS) is 1. The maximum Gasteiger partial charge on any atom is 0.300 e. The van der Waals surface area contributed by atoms with Gasteiger partial charge in [-0.05, 0) is 6.42 Å². The van der Waals surface area contributed by atoms with E-state index in [9.17, 15) is 0 Å². The second kappa shape index (κ2) is 12.8. The molecule has 0 spiro atoms. The summed E-state index contributed by atoms with van der Waals surface area (Å²) >= 11 is 0. The van der Waals surface area contributed by atoms with Gasteiger partial charge in [-0.3, -0.25) is 4.79 Å². The van der Waals surface area contributed by atoms with Crippen LogP contribution in [0.1, 0.15) is 26.7 Å². The van der Waals surface area contributed by atoms with Crippen molar-refractivity contribution < 1.29 is 14.6 Å². The van der Waals surface area contributed by atoms with Crippen LogP contribution in [0.5, 0.6) is 0 Å². The Balaban J connectivity index is 0. The van der Waals surface area contributed by atoms with Crippen molar-refractivity contribution in [1.82, 2.24) is 0 Å². The molecule has 0 saturated heterocycles. The minimum absolute atomic E-state index is 0.694. The van der Waals surface area contributed by atoms with Crippen LogP contribution in [0.3, 0.4) is 0 Å². The first-order valence-corrected chi connectivity index (χ1v) is 4.03. The molecule has 0 aliphatic rings. The largest absolute Gasteiger partial charge is 0.481 e. The minimum atomic E-state index is -0.833. The van der Waals surface area contributed by atoms with Crippen LogP contribution in [0.4, 0.5) is 0 Å². The molecule has 0 atom stereocenters. The SMILES string of the molecule is C=CCOCCCC.CC(=O)O. The number of hydrogen-bond acceptors (Lipinski definition) is 2. The maximum atomic E-state index is 9.00. The van der Waals surface area contributed by atoms with Crippen molar-refractivity contribution >= 4 is 5.97 Å². The van der Waals surface area contributed by atoms with Crippen LogP contribution >= 0.6 is 0 Å². The molecule has 0 aromatic rings. The van der Waals surface area contributed by atoms with E-state index in [1.54, 1.807) is 6.08 Å². The number of ether oxygens (including phenoxy) is 1. The average Bonchev–Trinajstić information content (AvgIpc) is 1.97. The van der Waals surface area contributed by atoms with Gasteiger partial charge in [0.15, 0.2) is 0 Å². The van der Waals surface area contributed by atoms with Crippen molar-refractivity contribution in [2.24, 2.45) is 0 Å². The summed E-state index contributed by atoms with van der Waals surface area (Å²) in [4.78, 5) is 9.00. The van der Waals surface area contributed by atoms with Crippen LogP contribution < -0.4 is 0 Å². The summed E-state index contributed by atoms with van der Waals surface area (Å²) < 4.78 is 5.11. The first-order valence-electron chi connectivity index (χ1n) is 4.03. The van der Waals surface area contributed by atoms with Crippen LogP contribution in [0.15, 0.2) is 12.7 Å². The molecular weight excluding hydrogens is 156 g/mol. The predicted molar refractivity (Wildman–Crippen MR) is 49.2 cm³/mol. The Morgan fingerprint density at radius 2 is 2.17 bits per heavy atom. The topological polar surface area (TPSA) is 46.5 Å². The van der Waals surface area contributed by atoms with Crippen molar-refractivity contribution in [3.05, 3.63) is 12.7 Å². The highest BCUT2D eigenvalue weighted by atomic mass is 16.5. The second-order valence-corrected chi connectivity index (χ2v) is 2.24. The van der Waals surface area contributed by atoms with Gasteiger partial charge in [0.05, 0.1) is 6.61 Å². The molecule has 0 rings (SSSR count). The Morgan fingerprint density at radius 3 is 2.50 bits per heavy atom. The van der Waals surface area contributed by atoms with E-state index in [0.717, 1.165) is 20.0 Å². The van der Waals surface area contributed by atoms with Gasteiger partial charge in [0.2, 0.25) is 0 Å². The molecule has 0 aromatic heterocycles. The Bertz CT molecular complexity index is 106. The van der Waals surface area contributed by atoms with Crippen LogP contribution in [0, 0.1) is 0 Å². The van der Waals surface area contributed by atoms with Crippen LogP contribution in [0.25, 0.3) is 0 Å². The van der Waals surface area contributed by atoms with Crippen molar-refractivity contribution in [2.45, 2.75) is 26.7 Å². The molecule has 1 N–H and O–H groups in total. The molecule has 0 aliphatic carbocycles. The van der Waals surface area contributed by atoms with Gasteiger partial charge in [-0.1, -0.05) is 19.4 Å². The third-order valence-electron chi connectivity index (χ3n) is 0.878. The lowest BCUT2D eigenvalue weighted by atomic mass is 10.4.